The summed E-state index contributed by atoms with van der Waals surface area (Å²) in [5.41, 5.74) is 1.82. The van der Waals surface area contributed by atoms with E-state index in [1.54, 1.807) is 17.0 Å². The summed E-state index contributed by atoms with van der Waals surface area (Å²) in [5.74, 6) is 1.25. The molecule has 29 heavy (non-hydrogen) atoms. The van der Waals surface area contributed by atoms with E-state index >= 15 is 0 Å². The molecule has 9 nitrogen and oxygen atoms in total. The standard InChI is InChI=1S/C20H25N3O6/c1-26-14-7-11(8-15(27-2)18(14)28-3)17-16-13(21-20(25)22-17)10-23(19(16)24)9-12-5-4-6-29-12/h7-8,12,17H,4-6,9-10H2,1-3H3,(H2,21,22,25). The Morgan fingerprint density at radius 2 is 1.86 bits per heavy atom. The zero-order valence-corrected chi connectivity index (χ0v) is 16.7. The molecule has 2 atom stereocenters. The van der Waals surface area contributed by atoms with Gasteiger partial charge < -0.3 is 34.5 Å². The molecule has 0 radical (unpaired) electrons. The van der Waals surface area contributed by atoms with Gasteiger partial charge in [-0.05, 0) is 30.5 Å². The molecule has 1 aromatic rings. The molecule has 1 fully saturated rings. The van der Waals surface area contributed by atoms with Crippen molar-refractivity contribution < 1.29 is 28.5 Å². The number of nitrogens with one attached hydrogen (secondary N) is 2. The van der Waals surface area contributed by atoms with Crippen LogP contribution in [-0.4, -0.2) is 64.0 Å². The Balaban J connectivity index is 1.67. The van der Waals surface area contributed by atoms with E-state index in [1.165, 1.54) is 21.3 Å². The minimum atomic E-state index is -0.616. The van der Waals surface area contributed by atoms with Gasteiger partial charge in [0.05, 0.1) is 51.3 Å². The van der Waals surface area contributed by atoms with Crippen LogP contribution in [0.1, 0.15) is 24.4 Å². The van der Waals surface area contributed by atoms with Crippen LogP contribution in [0.25, 0.3) is 0 Å². The van der Waals surface area contributed by atoms with E-state index in [2.05, 4.69) is 10.6 Å². The Morgan fingerprint density at radius 1 is 1.14 bits per heavy atom. The van der Waals surface area contributed by atoms with Crippen molar-refractivity contribution in [3.8, 4) is 17.2 Å². The lowest BCUT2D eigenvalue weighted by Gasteiger charge is -2.26. The van der Waals surface area contributed by atoms with Crippen LogP contribution >= 0.6 is 0 Å². The van der Waals surface area contributed by atoms with Gasteiger partial charge in [0.1, 0.15) is 0 Å². The molecule has 0 aliphatic carbocycles. The highest BCUT2D eigenvalue weighted by Crippen LogP contribution is 2.42. The summed E-state index contributed by atoms with van der Waals surface area (Å²) in [6, 6.07) is 2.53. The number of urea groups is 1. The van der Waals surface area contributed by atoms with Gasteiger partial charge in [0.2, 0.25) is 5.75 Å². The lowest BCUT2D eigenvalue weighted by Crippen LogP contribution is -2.44. The second-order valence-electron chi connectivity index (χ2n) is 7.20. The highest BCUT2D eigenvalue weighted by Gasteiger charge is 2.41. The largest absolute Gasteiger partial charge is 0.493 e. The Morgan fingerprint density at radius 3 is 2.45 bits per heavy atom. The van der Waals surface area contributed by atoms with Crippen molar-refractivity contribution in [1.82, 2.24) is 15.5 Å². The molecule has 0 aromatic heterocycles. The number of hydrogen-bond acceptors (Lipinski definition) is 6. The second-order valence-corrected chi connectivity index (χ2v) is 7.20. The van der Waals surface area contributed by atoms with Crippen molar-refractivity contribution in [2.75, 3.05) is 41.0 Å². The van der Waals surface area contributed by atoms with Crippen molar-refractivity contribution >= 4 is 11.9 Å². The lowest BCUT2D eigenvalue weighted by atomic mass is 9.95. The maximum absolute atomic E-state index is 13.2. The van der Waals surface area contributed by atoms with E-state index in [0.717, 1.165) is 19.4 Å². The zero-order valence-electron chi connectivity index (χ0n) is 16.7. The van der Waals surface area contributed by atoms with Gasteiger partial charge in [-0.25, -0.2) is 4.79 Å². The smallest absolute Gasteiger partial charge is 0.319 e. The summed E-state index contributed by atoms with van der Waals surface area (Å²) in [4.78, 5) is 27.2. The van der Waals surface area contributed by atoms with Crippen LogP contribution in [-0.2, 0) is 9.53 Å². The number of ether oxygens (including phenoxy) is 4. The molecular weight excluding hydrogens is 378 g/mol. The molecule has 3 heterocycles. The van der Waals surface area contributed by atoms with Gasteiger partial charge in [0.25, 0.3) is 5.91 Å². The molecule has 2 unspecified atom stereocenters. The summed E-state index contributed by atoms with van der Waals surface area (Å²) in [5, 5.41) is 5.63. The molecule has 3 aliphatic heterocycles. The Hall–Kier alpha value is -2.94. The Kier molecular flexibility index (Phi) is 5.23. The van der Waals surface area contributed by atoms with Gasteiger partial charge in [0.15, 0.2) is 11.5 Å². The molecule has 2 N–H and O–H groups in total. The van der Waals surface area contributed by atoms with Crippen molar-refractivity contribution in [3.05, 3.63) is 29.0 Å². The lowest BCUT2D eigenvalue weighted by molar-refractivity contribution is -0.127. The van der Waals surface area contributed by atoms with Crippen molar-refractivity contribution in [3.63, 3.8) is 0 Å². The zero-order chi connectivity index (χ0) is 20.5. The molecular formula is C20H25N3O6. The first kappa shape index (κ1) is 19.4. The molecule has 156 valence electrons. The van der Waals surface area contributed by atoms with E-state index in [9.17, 15) is 9.59 Å². The van der Waals surface area contributed by atoms with Crippen molar-refractivity contribution in [1.29, 1.82) is 0 Å². The predicted molar refractivity (Wildman–Crippen MR) is 103 cm³/mol. The van der Waals surface area contributed by atoms with Crippen LogP contribution in [0.5, 0.6) is 17.2 Å². The normalized spacial score (nSPS) is 23.6. The summed E-state index contributed by atoms with van der Waals surface area (Å²) in [7, 11) is 4.57. The molecule has 3 aliphatic rings. The molecule has 1 aromatic carbocycles. The monoisotopic (exact) mass is 403 g/mol. The average molecular weight is 403 g/mol. The van der Waals surface area contributed by atoms with E-state index in [0.29, 0.717) is 47.2 Å². The third-order valence-electron chi connectivity index (χ3n) is 5.49. The fraction of sp³-hybridized carbons (Fsp3) is 0.500. The molecule has 9 heteroatoms. The first-order chi connectivity index (χ1) is 14.0. The maximum Gasteiger partial charge on any atom is 0.319 e. The van der Waals surface area contributed by atoms with Crippen molar-refractivity contribution in [2.45, 2.75) is 25.0 Å². The first-order valence-corrected chi connectivity index (χ1v) is 9.57. The number of nitrogens with zero attached hydrogens (tertiary/aromatic N) is 1. The number of methoxy groups -OCH3 is 3. The highest BCUT2D eigenvalue weighted by atomic mass is 16.5. The van der Waals surface area contributed by atoms with Crippen LogP contribution < -0.4 is 24.8 Å². The van der Waals surface area contributed by atoms with E-state index < -0.39 is 6.04 Å². The molecule has 3 amide bonds. The number of hydrogen-bond donors (Lipinski definition) is 2. The van der Waals surface area contributed by atoms with E-state index in [1.807, 2.05) is 0 Å². The van der Waals surface area contributed by atoms with E-state index in [-0.39, 0.29) is 18.0 Å². The number of amides is 3. The number of carbonyl (C=O) groups is 2. The summed E-state index contributed by atoms with van der Waals surface area (Å²) in [6.45, 7) is 1.61. The third kappa shape index (κ3) is 3.46. The van der Waals surface area contributed by atoms with Crippen LogP contribution in [0.15, 0.2) is 23.4 Å². The average Bonchev–Trinajstić information content (AvgIpc) is 3.34. The number of carbonyl (C=O) groups excluding carboxylic acids is 2. The third-order valence-corrected chi connectivity index (χ3v) is 5.49. The topological polar surface area (TPSA) is 98.4 Å². The SMILES string of the molecule is COc1cc(C2NC(=O)NC3=C2C(=O)N(CC2CCCO2)C3)cc(OC)c1OC. The van der Waals surface area contributed by atoms with Gasteiger partial charge in [-0.2, -0.15) is 0 Å². The highest BCUT2D eigenvalue weighted by molar-refractivity contribution is 6.01. The summed E-state index contributed by atoms with van der Waals surface area (Å²) in [6.07, 6.45) is 1.99. The van der Waals surface area contributed by atoms with Crippen LogP contribution in [0, 0.1) is 0 Å². The van der Waals surface area contributed by atoms with Crippen LogP contribution in [0.2, 0.25) is 0 Å². The number of rotatable bonds is 6. The quantitative estimate of drug-likeness (QED) is 0.744. The molecule has 0 bridgehead atoms. The summed E-state index contributed by atoms with van der Waals surface area (Å²) < 4.78 is 21.9. The van der Waals surface area contributed by atoms with Crippen LogP contribution in [0.4, 0.5) is 4.79 Å². The number of benzene rings is 1. The van der Waals surface area contributed by atoms with Gasteiger partial charge in [-0.1, -0.05) is 0 Å². The van der Waals surface area contributed by atoms with E-state index in [4.69, 9.17) is 18.9 Å². The molecule has 0 spiro atoms. The van der Waals surface area contributed by atoms with Crippen LogP contribution in [0.3, 0.4) is 0 Å². The molecule has 1 saturated heterocycles. The predicted octanol–water partition coefficient (Wildman–Crippen LogP) is 1.34. The molecule has 0 saturated carbocycles. The Labute approximate surface area is 168 Å². The Bertz CT molecular complexity index is 837. The molecule has 4 rings (SSSR count). The minimum absolute atomic E-state index is 0.0450. The van der Waals surface area contributed by atoms with Gasteiger partial charge in [-0.15, -0.1) is 0 Å². The summed E-state index contributed by atoms with van der Waals surface area (Å²) >= 11 is 0. The van der Waals surface area contributed by atoms with Gasteiger partial charge in [-0.3, -0.25) is 4.79 Å². The first-order valence-electron chi connectivity index (χ1n) is 9.57. The van der Waals surface area contributed by atoms with Gasteiger partial charge in [0, 0.05) is 13.2 Å². The van der Waals surface area contributed by atoms with Gasteiger partial charge >= 0.3 is 6.03 Å². The minimum Gasteiger partial charge on any atom is -0.493 e. The fourth-order valence-corrected chi connectivity index (χ4v) is 4.13. The van der Waals surface area contributed by atoms with Crippen molar-refractivity contribution in [2.24, 2.45) is 0 Å². The maximum atomic E-state index is 13.2. The fourth-order valence-electron chi connectivity index (χ4n) is 4.13. The second kappa shape index (κ2) is 7.82.